The average molecular weight is 246 g/mol. The summed E-state index contributed by atoms with van der Waals surface area (Å²) in [5, 5.41) is 8.97. The molecule has 0 unspecified atom stereocenters. The summed E-state index contributed by atoms with van der Waals surface area (Å²) in [4.78, 5) is 23.3. The second-order valence-corrected chi connectivity index (χ2v) is 4.92. The molecular weight excluding hydrogens is 228 g/mol. The Morgan fingerprint density at radius 1 is 1.22 bits per heavy atom. The van der Waals surface area contributed by atoms with Crippen molar-refractivity contribution in [2.45, 2.75) is 32.6 Å². The van der Waals surface area contributed by atoms with Crippen molar-refractivity contribution in [3.63, 3.8) is 0 Å². The van der Waals surface area contributed by atoms with Crippen LogP contribution in [-0.2, 0) is 11.2 Å². The van der Waals surface area contributed by atoms with Crippen LogP contribution in [0, 0.1) is 11.8 Å². The lowest BCUT2D eigenvalue weighted by Crippen LogP contribution is -2.16. The highest BCUT2D eigenvalue weighted by atomic mass is 16.4. The largest absolute Gasteiger partial charge is 0.481 e. The fraction of sp³-hybridized carbons (Fsp3) is 0.467. The monoisotopic (exact) mass is 246 g/mol. The normalized spacial score (nSPS) is 22.9. The summed E-state index contributed by atoms with van der Waals surface area (Å²) in [6.45, 7) is 2.03. The molecule has 1 aromatic carbocycles. The lowest BCUT2D eigenvalue weighted by atomic mass is 9.91. The molecule has 0 aromatic heterocycles. The zero-order valence-electron chi connectivity index (χ0n) is 10.6. The molecule has 18 heavy (non-hydrogen) atoms. The Hall–Kier alpha value is -1.64. The molecule has 2 atom stereocenters. The van der Waals surface area contributed by atoms with Gasteiger partial charge in [-0.05, 0) is 31.2 Å². The Balaban J connectivity index is 2.15. The number of benzene rings is 1. The minimum atomic E-state index is -0.769. The quantitative estimate of drug-likeness (QED) is 0.831. The number of hydrogen-bond donors (Lipinski definition) is 1. The molecule has 0 saturated heterocycles. The molecule has 1 N–H and O–H groups in total. The predicted molar refractivity (Wildman–Crippen MR) is 68.6 cm³/mol. The number of Topliss-reactive ketones (excluding diaryl/α,β-unsaturated/α-hetero) is 1. The molecule has 0 spiro atoms. The van der Waals surface area contributed by atoms with E-state index in [0.29, 0.717) is 19.3 Å². The summed E-state index contributed by atoms with van der Waals surface area (Å²) >= 11 is 0. The summed E-state index contributed by atoms with van der Waals surface area (Å²) in [7, 11) is 0. The maximum Gasteiger partial charge on any atom is 0.306 e. The highest BCUT2D eigenvalue weighted by molar-refractivity contribution is 5.99. The van der Waals surface area contributed by atoms with Crippen LogP contribution in [0.3, 0.4) is 0 Å². The van der Waals surface area contributed by atoms with Gasteiger partial charge in [0.1, 0.15) is 0 Å². The molecule has 1 aromatic rings. The number of ketones is 1. The molecule has 3 nitrogen and oxygen atoms in total. The van der Waals surface area contributed by atoms with Gasteiger partial charge in [-0.1, -0.05) is 31.2 Å². The molecule has 1 aliphatic rings. The molecule has 1 fully saturated rings. The fourth-order valence-electron chi connectivity index (χ4n) is 2.73. The van der Waals surface area contributed by atoms with Gasteiger partial charge in [-0.2, -0.15) is 0 Å². The van der Waals surface area contributed by atoms with Gasteiger partial charge < -0.3 is 5.11 Å². The van der Waals surface area contributed by atoms with Crippen LogP contribution < -0.4 is 0 Å². The summed E-state index contributed by atoms with van der Waals surface area (Å²) < 4.78 is 0. The molecule has 0 radical (unpaired) electrons. The van der Waals surface area contributed by atoms with Gasteiger partial charge in [0, 0.05) is 11.5 Å². The predicted octanol–water partition coefficient (Wildman–Crippen LogP) is 2.93. The molecule has 0 aliphatic heterocycles. The Morgan fingerprint density at radius 3 is 2.50 bits per heavy atom. The van der Waals surface area contributed by atoms with Gasteiger partial charge in [0.05, 0.1) is 5.92 Å². The van der Waals surface area contributed by atoms with Crippen molar-refractivity contribution >= 4 is 11.8 Å². The minimum absolute atomic E-state index is 0.112. The van der Waals surface area contributed by atoms with E-state index in [9.17, 15) is 9.59 Å². The Kier molecular flexibility index (Phi) is 3.80. The topological polar surface area (TPSA) is 54.4 Å². The van der Waals surface area contributed by atoms with Gasteiger partial charge in [-0.25, -0.2) is 0 Å². The van der Waals surface area contributed by atoms with E-state index in [4.69, 9.17) is 5.11 Å². The van der Waals surface area contributed by atoms with Gasteiger partial charge in [-0.15, -0.1) is 0 Å². The minimum Gasteiger partial charge on any atom is -0.481 e. The van der Waals surface area contributed by atoms with Crippen LogP contribution in [0.1, 0.15) is 42.1 Å². The van der Waals surface area contributed by atoms with Crippen molar-refractivity contribution in [2.75, 3.05) is 0 Å². The summed E-state index contributed by atoms with van der Waals surface area (Å²) in [5.74, 6) is -1.10. The molecule has 0 amide bonds. The number of carboxylic acids is 1. The fourth-order valence-corrected chi connectivity index (χ4v) is 2.73. The maximum atomic E-state index is 12.4. The number of aliphatic carboxylic acids is 1. The molecular formula is C15H18O3. The van der Waals surface area contributed by atoms with Gasteiger partial charge in [0.15, 0.2) is 5.78 Å². The first kappa shape index (κ1) is 12.8. The van der Waals surface area contributed by atoms with E-state index < -0.39 is 5.97 Å². The first-order valence-electron chi connectivity index (χ1n) is 6.48. The van der Waals surface area contributed by atoms with Crippen LogP contribution >= 0.6 is 0 Å². The van der Waals surface area contributed by atoms with Crippen LogP contribution in [0.2, 0.25) is 0 Å². The number of carboxylic acid groups (broad SMARTS) is 1. The van der Waals surface area contributed by atoms with Crippen molar-refractivity contribution in [2.24, 2.45) is 11.8 Å². The highest BCUT2D eigenvalue weighted by Gasteiger charge is 2.34. The van der Waals surface area contributed by atoms with Crippen LogP contribution in [-0.4, -0.2) is 16.9 Å². The van der Waals surface area contributed by atoms with Crippen LogP contribution in [0.15, 0.2) is 24.3 Å². The van der Waals surface area contributed by atoms with Crippen LogP contribution in [0.5, 0.6) is 0 Å². The SMILES string of the molecule is CCc1ccccc1C(=O)[C@H]1CC[C@@H](C(=O)O)C1. The first-order chi connectivity index (χ1) is 8.63. The lowest BCUT2D eigenvalue weighted by Gasteiger charge is -2.11. The second-order valence-electron chi connectivity index (χ2n) is 4.92. The molecule has 1 aliphatic carbocycles. The van der Waals surface area contributed by atoms with E-state index in [0.717, 1.165) is 17.5 Å². The summed E-state index contributed by atoms with van der Waals surface area (Å²) in [6.07, 6.45) is 2.65. The van der Waals surface area contributed by atoms with Crippen molar-refractivity contribution < 1.29 is 14.7 Å². The van der Waals surface area contributed by atoms with E-state index in [-0.39, 0.29) is 17.6 Å². The number of carbonyl (C=O) groups excluding carboxylic acids is 1. The average Bonchev–Trinajstić information content (AvgIpc) is 2.87. The van der Waals surface area contributed by atoms with E-state index in [1.165, 1.54) is 0 Å². The van der Waals surface area contributed by atoms with Crippen LogP contribution in [0.25, 0.3) is 0 Å². The van der Waals surface area contributed by atoms with Crippen molar-refractivity contribution in [3.8, 4) is 0 Å². The lowest BCUT2D eigenvalue weighted by molar-refractivity contribution is -0.141. The highest BCUT2D eigenvalue weighted by Crippen LogP contribution is 2.33. The zero-order chi connectivity index (χ0) is 13.1. The molecule has 0 bridgehead atoms. The summed E-state index contributed by atoms with van der Waals surface area (Å²) in [5.41, 5.74) is 1.83. The molecule has 3 heteroatoms. The zero-order valence-corrected chi connectivity index (χ0v) is 10.6. The number of hydrogen-bond acceptors (Lipinski definition) is 2. The smallest absolute Gasteiger partial charge is 0.306 e. The van der Waals surface area contributed by atoms with Gasteiger partial charge in [0.2, 0.25) is 0 Å². The Labute approximate surface area is 107 Å². The molecule has 1 saturated carbocycles. The second kappa shape index (κ2) is 5.34. The Bertz CT molecular complexity index is 465. The first-order valence-corrected chi connectivity index (χ1v) is 6.48. The third kappa shape index (κ3) is 2.45. The number of rotatable bonds is 4. The summed E-state index contributed by atoms with van der Waals surface area (Å²) in [6, 6.07) is 7.63. The van der Waals surface area contributed by atoms with E-state index in [2.05, 4.69) is 0 Å². The van der Waals surface area contributed by atoms with Gasteiger partial charge in [-0.3, -0.25) is 9.59 Å². The molecule has 96 valence electrons. The Morgan fingerprint density at radius 2 is 1.89 bits per heavy atom. The van der Waals surface area contributed by atoms with Crippen molar-refractivity contribution in [3.05, 3.63) is 35.4 Å². The van der Waals surface area contributed by atoms with Crippen LogP contribution in [0.4, 0.5) is 0 Å². The van der Waals surface area contributed by atoms with E-state index in [1.807, 2.05) is 31.2 Å². The third-order valence-electron chi connectivity index (χ3n) is 3.82. The third-order valence-corrected chi connectivity index (χ3v) is 3.82. The van der Waals surface area contributed by atoms with Crippen molar-refractivity contribution in [1.29, 1.82) is 0 Å². The van der Waals surface area contributed by atoms with E-state index >= 15 is 0 Å². The van der Waals surface area contributed by atoms with Crippen molar-refractivity contribution in [1.82, 2.24) is 0 Å². The number of aryl methyl sites for hydroxylation is 1. The molecule has 0 heterocycles. The van der Waals surface area contributed by atoms with E-state index in [1.54, 1.807) is 0 Å². The van der Waals surface area contributed by atoms with Gasteiger partial charge >= 0.3 is 5.97 Å². The standard InChI is InChI=1S/C15H18O3/c1-2-10-5-3-4-6-13(10)14(16)11-7-8-12(9-11)15(17)18/h3-6,11-12H,2,7-9H2,1H3,(H,17,18)/t11-,12+/m0/s1. The molecule has 2 rings (SSSR count). The number of carbonyl (C=O) groups is 2. The van der Waals surface area contributed by atoms with Gasteiger partial charge in [0.25, 0.3) is 0 Å². The maximum absolute atomic E-state index is 12.4.